The monoisotopic (exact) mass is 372 g/mol. The van der Waals surface area contributed by atoms with Crippen LogP contribution in [0.4, 0.5) is 20.6 Å². The number of likely N-dealkylation sites (N-methyl/N-ethyl adjacent to an activating group) is 1. The van der Waals surface area contributed by atoms with Gasteiger partial charge in [0.2, 0.25) is 5.91 Å². The van der Waals surface area contributed by atoms with E-state index in [1.165, 1.54) is 25.1 Å². The summed E-state index contributed by atoms with van der Waals surface area (Å²) >= 11 is 0. The van der Waals surface area contributed by atoms with Crippen molar-refractivity contribution in [1.29, 1.82) is 0 Å². The molecule has 27 heavy (non-hydrogen) atoms. The molecule has 1 atom stereocenters. The summed E-state index contributed by atoms with van der Waals surface area (Å²) in [6, 6.07) is 11.7. The second kappa shape index (κ2) is 9.14. The van der Waals surface area contributed by atoms with E-state index in [9.17, 15) is 14.0 Å². The Balaban J connectivity index is 2.01. The molecule has 7 heteroatoms. The van der Waals surface area contributed by atoms with Gasteiger partial charge in [0, 0.05) is 19.2 Å². The molecule has 2 aromatic rings. The molecule has 0 aromatic heterocycles. The molecule has 0 aliphatic rings. The van der Waals surface area contributed by atoms with E-state index in [0.29, 0.717) is 12.2 Å². The second-order valence-electron chi connectivity index (χ2n) is 6.60. The van der Waals surface area contributed by atoms with E-state index in [2.05, 4.69) is 22.0 Å². The molecule has 0 aliphatic carbocycles. The number of rotatable bonds is 6. The maximum absolute atomic E-state index is 13.7. The van der Waals surface area contributed by atoms with Gasteiger partial charge in [-0.05, 0) is 44.8 Å². The summed E-state index contributed by atoms with van der Waals surface area (Å²) in [5, 5.41) is 7.87. The molecule has 0 saturated heterocycles. The van der Waals surface area contributed by atoms with Gasteiger partial charge in [-0.25, -0.2) is 9.18 Å². The molecule has 0 radical (unpaired) electrons. The Morgan fingerprint density at radius 2 is 1.85 bits per heavy atom. The first-order valence-electron chi connectivity index (χ1n) is 8.61. The first-order valence-corrected chi connectivity index (χ1v) is 8.61. The Kier molecular flexibility index (Phi) is 6.90. The third-order valence-electron chi connectivity index (χ3n) is 4.04. The standard InChI is InChI=1S/C20H25FN4O2/c1-13-6-5-7-15(10-13)19(25(3)4)12-22-20(27)24-16-8-9-17(21)18(11-16)23-14(2)26/h5-11,19H,12H2,1-4H3,(H,23,26)(H2,22,24,27)/t19-/m1/s1. The molecular formula is C20H25FN4O2. The zero-order chi connectivity index (χ0) is 20.0. The maximum atomic E-state index is 13.7. The summed E-state index contributed by atoms with van der Waals surface area (Å²) in [5.41, 5.74) is 2.66. The third kappa shape index (κ3) is 6.07. The van der Waals surface area contributed by atoms with Gasteiger partial charge < -0.3 is 20.9 Å². The van der Waals surface area contributed by atoms with Crippen molar-refractivity contribution in [2.45, 2.75) is 19.9 Å². The van der Waals surface area contributed by atoms with E-state index in [1.807, 2.05) is 44.1 Å². The average molecular weight is 372 g/mol. The number of hydrogen-bond donors (Lipinski definition) is 3. The lowest BCUT2D eigenvalue weighted by Crippen LogP contribution is -2.36. The van der Waals surface area contributed by atoms with Crippen LogP contribution in [0.5, 0.6) is 0 Å². The minimum Gasteiger partial charge on any atom is -0.336 e. The quantitative estimate of drug-likeness (QED) is 0.726. The van der Waals surface area contributed by atoms with Gasteiger partial charge in [-0.3, -0.25) is 4.79 Å². The van der Waals surface area contributed by atoms with Crippen molar-refractivity contribution >= 4 is 23.3 Å². The fraction of sp³-hybridized carbons (Fsp3) is 0.300. The van der Waals surface area contributed by atoms with Crippen LogP contribution in [-0.4, -0.2) is 37.5 Å². The number of halogens is 1. The summed E-state index contributed by atoms with van der Waals surface area (Å²) in [6.45, 7) is 3.72. The average Bonchev–Trinajstić information content (AvgIpc) is 2.57. The smallest absolute Gasteiger partial charge is 0.319 e. The number of nitrogens with one attached hydrogen (secondary N) is 3. The highest BCUT2D eigenvalue weighted by Crippen LogP contribution is 2.20. The lowest BCUT2D eigenvalue weighted by molar-refractivity contribution is -0.114. The van der Waals surface area contributed by atoms with Crippen LogP contribution in [0.2, 0.25) is 0 Å². The van der Waals surface area contributed by atoms with Gasteiger partial charge in [-0.2, -0.15) is 0 Å². The molecule has 0 aliphatic heterocycles. The van der Waals surface area contributed by atoms with Gasteiger partial charge in [0.1, 0.15) is 5.82 Å². The zero-order valence-electron chi connectivity index (χ0n) is 16.0. The summed E-state index contributed by atoms with van der Waals surface area (Å²) in [5.74, 6) is -0.953. The predicted molar refractivity (Wildman–Crippen MR) is 105 cm³/mol. The fourth-order valence-corrected chi connectivity index (χ4v) is 2.73. The van der Waals surface area contributed by atoms with Crippen LogP contribution in [0.15, 0.2) is 42.5 Å². The summed E-state index contributed by atoms with van der Waals surface area (Å²) in [4.78, 5) is 25.4. The van der Waals surface area contributed by atoms with E-state index in [0.717, 1.165) is 11.1 Å². The second-order valence-corrected chi connectivity index (χ2v) is 6.60. The summed E-state index contributed by atoms with van der Waals surface area (Å²) in [7, 11) is 3.90. The Labute approximate surface area is 158 Å². The lowest BCUT2D eigenvalue weighted by Gasteiger charge is -2.25. The minimum atomic E-state index is -0.566. The van der Waals surface area contributed by atoms with Gasteiger partial charge in [0.25, 0.3) is 0 Å². The Morgan fingerprint density at radius 3 is 2.48 bits per heavy atom. The van der Waals surface area contributed by atoms with Crippen molar-refractivity contribution in [3.8, 4) is 0 Å². The molecule has 0 fully saturated rings. The highest BCUT2D eigenvalue weighted by molar-refractivity contribution is 5.92. The highest BCUT2D eigenvalue weighted by Gasteiger charge is 2.16. The summed E-state index contributed by atoms with van der Waals surface area (Å²) in [6.07, 6.45) is 0. The number of aryl methyl sites for hydroxylation is 1. The molecular weight excluding hydrogens is 347 g/mol. The molecule has 3 amide bonds. The van der Waals surface area contributed by atoms with Crippen molar-refractivity contribution in [3.05, 3.63) is 59.4 Å². The number of anilines is 2. The number of nitrogens with zero attached hydrogens (tertiary/aromatic N) is 1. The largest absolute Gasteiger partial charge is 0.336 e. The molecule has 0 heterocycles. The SMILES string of the molecule is CC(=O)Nc1cc(NC(=O)NC[C@H](c2cccc(C)c2)N(C)C)ccc1F. The number of hydrogen-bond acceptors (Lipinski definition) is 3. The van der Waals surface area contributed by atoms with Gasteiger partial charge in [-0.1, -0.05) is 29.8 Å². The molecule has 3 N–H and O–H groups in total. The Morgan fingerprint density at radius 1 is 1.11 bits per heavy atom. The number of amides is 3. The maximum Gasteiger partial charge on any atom is 0.319 e. The first-order chi connectivity index (χ1) is 12.8. The van der Waals surface area contributed by atoms with Crippen LogP contribution in [-0.2, 0) is 4.79 Å². The van der Waals surface area contributed by atoms with Crippen LogP contribution in [0.1, 0.15) is 24.1 Å². The molecule has 0 spiro atoms. The van der Waals surface area contributed by atoms with Crippen molar-refractivity contribution in [2.75, 3.05) is 31.3 Å². The van der Waals surface area contributed by atoms with Gasteiger partial charge in [0.15, 0.2) is 0 Å². The van der Waals surface area contributed by atoms with Crippen LogP contribution in [0.25, 0.3) is 0 Å². The highest BCUT2D eigenvalue weighted by atomic mass is 19.1. The number of benzene rings is 2. The van der Waals surface area contributed by atoms with Crippen molar-refractivity contribution in [3.63, 3.8) is 0 Å². The normalized spacial score (nSPS) is 11.8. The molecule has 0 saturated carbocycles. The molecule has 2 aromatic carbocycles. The van der Waals surface area contributed by atoms with Crippen LogP contribution in [0.3, 0.4) is 0 Å². The van der Waals surface area contributed by atoms with E-state index >= 15 is 0 Å². The van der Waals surface area contributed by atoms with E-state index in [4.69, 9.17) is 0 Å². The van der Waals surface area contributed by atoms with Gasteiger partial charge in [0.05, 0.1) is 11.7 Å². The van der Waals surface area contributed by atoms with Crippen molar-refractivity contribution in [2.24, 2.45) is 0 Å². The van der Waals surface area contributed by atoms with Crippen LogP contribution in [0, 0.1) is 12.7 Å². The van der Waals surface area contributed by atoms with Crippen molar-refractivity contribution in [1.82, 2.24) is 10.2 Å². The van der Waals surface area contributed by atoms with E-state index < -0.39 is 11.8 Å². The minimum absolute atomic E-state index is 0.0128. The topological polar surface area (TPSA) is 73.5 Å². The van der Waals surface area contributed by atoms with Crippen molar-refractivity contribution < 1.29 is 14.0 Å². The fourth-order valence-electron chi connectivity index (χ4n) is 2.73. The predicted octanol–water partition coefficient (Wildman–Crippen LogP) is 3.52. The first kappa shape index (κ1) is 20.4. The van der Waals surface area contributed by atoms with E-state index in [1.54, 1.807) is 0 Å². The number of carbonyl (C=O) groups is 2. The molecule has 0 unspecified atom stereocenters. The lowest BCUT2D eigenvalue weighted by atomic mass is 10.0. The zero-order valence-corrected chi connectivity index (χ0v) is 16.0. The summed E-state index contributed by atoms with van der Waals surface area (Å²) < 4.78 is 13.7. The number of urea groups is 1. The third-order valence-corrected chi connectivity index (χ3v) is 4.04. The van der Waals surface area contributed by atoms with Gasteiger partial charge in [-0.15, -0.1) is 0 Å². The van der Waals surface area contributed by atoms with Gasteiger partial charge >= 0.3 is 6.03 Å². The van der Waals surface area contributed by atoms with Crippen LogP contribution >= 0.6 is 0 Å². The number of carbonyl (C=O) groups excluding carboxylic acids is 2. The Hall–Kier alpha value is -2.93. The van der Waals surface area contributed by atoms with E-state index in [-0.39, 0.29) is 17.6 Å². The molecule has 144 valence electrons. The molecule has 2 rings (SSSR count). The van der Waals surface area contributed by atoms with Crippen LogP contribution < -0.4 is 16.0 Å². The Bertz CT molecular complexity index is 823. The molecule has 0 bridgehead atoms. The molecule has 6 nitrogen and oxygen atoms in total.